The van der Waals surface area contributed by atoms with Crippen LogP contribution in [0.1, 0.15) is 60.8 Å². The monoisotopic (exact) mass is 362 g/mol. The van der Waals surface area contributed by atoms with Gasteiger partial charge < -0.3 is 10.2 Å². The Bertz CT molecular complexity index is 685. The Balaban J connectivity index is 3.51. The second-order valence-electron chi connectivity index (χ2n) is 7.89. The molecular formula is C21H30O5. The first-order valence-electron chi connectivity index (χ1n) is 8.96. The molecule has 0 spiro atoms. The topological polar surface area (TPSA) is 91.7 Å². The van der Waals surface area contributed by atoms with Gasteiger partial charge in [-0.15, -0.1) is 0 Å². The average molecular weight is 362 g/mol. The van der Waals surface area contributed by atoms with Gasteiger partial charge in [0.2, 0.25) is 0 Å². The molecule has 0 aromatic rings. The van der Waals surface area contributed by atoms with Crippen LogP contribution >= 0.6 is 0 Å². The molecule has 2 atom stereocenters. The molecule has 1 unspecified atom stereocenters. The van der Waals surface area contributed by atoms with Crippen molar-refractivity contribution in [1.29, 1.82) is 0 Å². The largest absolute Gasteiger partial charge is 0.508 e. The molecule has 0 amide bonds. The quantitative estimate of drug-likeness (QED) is 0.410. The van der Waals surface area contributed by atoms with Gasteiger partial charge in [0.15, 0.2) is 23.0 Å². The number of carbonyl (C=O) groups excluding carboxylic acids is 3. The van der Waals surface area contributed by atoms with E-state index < -0.39 is 40.2 Å². The Hall–Kier alpha value is -2.01. The van der Waals surface area contributed by atoms with Crippen molar-refractivity contribution >= 4 is 17.3 Å². The van der Waals surface area contributed by atoms with Gasteiger partial charge in [-0.1, -0.05) is 37.1 Å². The molecule has 0 aromatic carbocycles. The molecule has 0 fully saturated rings. The van der Waals surface area contributed by atoms with Crippen LogP contribution in [0.25, 0.3) is 0 Å². The van der Waals surface area contributed by atoms with E-state index in [1.165, 1.54) is 0 Å². The number of aliphatic hydroxyl groups is 2. The van der Waals surface area contributed by atoms with Gasteiger partial charge in [-0.05, 0) is 40.0 Å². The first kappa shape index (κ1) is 22.0. The molecule has 0 saturated heterocycles. The minimum atomic E-state index is -2.24. The van der Waals surface area contributed by atoms with Crippen molar-refractivity contribution in [1.82, 2.24) is 0 Å². The third-order valence-electron chi connectivity index (χ3n) is 4.36. The van der Waals surface area contributed by atoms with Crippen LogP contribution in [0.4, 0.5) is 0 Å². The van der Waals surface area contributed by atoms with Crippen molar-refractivity contribution in [3.63, 3.8) is 0 Å². The summed E-state index contributed by atoms with van der Waals surface area (Å²) in [4.78, 5) is 38.2. The van der Waals surface area contributed by atoms with Crippen LogP contribution in [0.15, 0.2) is 34.6 Å². The molecule has 1 rings (SSSR count). The maximum atomic E-state index is 12.8. The van der Waals surface area contributed by atoms with Crippen molar-refractivity contribution in [2.24, 2.45) is 11.8 Å². The number of carbonyl (C=O) groups is 3. The Morgan fingerprint density at radius 3 is 2.12 bits per heavy atom. The highest BCUT2D eigenvalue weighted by Crippen LogP contribution is 2.36. The van der Waals surface area contributed by atoms with E-state index in [9.17, 15) is 24.6 Å². The van der Waals surface area contributed by atoms with Crippen molar-refractivity contribution < 1.29 is 24.6 Å². The van der Waals surface area contributed by atoms with Crippen LogP contribution in [0.3, 0.4) is 0 Å². The van der Waals surface area contributed by atoms with Crippen molar-refractivity contribution in [2.75, 3.05) is 0 Å². The number of allylic oxidation sites excluding steroid dienone is 4. The summed E-state index contributed by atoms with van der Waals surface area (Å²) in [5.41, 5.74) is -0.887. The van der Waals surface area contributed by atoms with E-state index >= 15 is 0 Å². The fraction of sp³-hybridized carbons (Fsp3) is 0.571. The molecule has 144 valence electrons. The summed E-state index contributed by atoms with van der Waals surface area (Å²) < 4.78 is 0. The summed E-state index contributed by atoms with van der Waals surface area (Å²) in [6.07, 6.45) is 3.34. The van der Waals surface area contributed by atoms with Crippen LogP contribution < -0.4 is 0 Å². The molecule has 26 heavy (non-hydrogen) atoms. The molecule has 5 heteroatoms. The molecule has 0 heterocycles. The minimum absolute atomic E-state index is 0.0182. The van der Waals surface area contributed by atoms with E-state index in [0.29, 0.717) is 0 Å². The van der Waals surface area contributed by atoms with E-state index in [4.69, 9.17) is 0 Å². The highest BCUT2D eigenvalue weighted by molar-refractivity contribution is 6.29. The normalized spacial score (nSPS) is 23.3. The highest BCUT2D eigenvalue weighted by Gasteiger charge is 2.53. The van der Waals surface area contributed by atoms with Gasteiger partial charge in [-0.25, -0.2) is 0 Å². The molecule has 0 aliphatic heterocycles. The van der Waals surface area contributed by atoms with Crippen LogP contribution in [-0.2, 0) is 14.4 Å². The molecule has 0 radical (unpaired) electrons. The second kappa shape index (κ2) is 8.58. The van der Waals surface area contributed by atoms with Gasteiger partial charge >= 0.3 is 0 Å². The van der Waals surface area contributed by atoms with Gasteiger partial charge in [0, 0.05) is 12.8 Å². The maximum Gasteiger partial charge on any atom is 0.184 e. The standard InChI is InChI=1S/C21H30O5/c1-12(2)7-8-15-18(23)17(16(22)11-14(5)6)20(25)21(26,19(15)24)10-9-13(3)4/h7,9,14-15,25-26H,8,10-11H2,1-6H3/t15?,21-/m1/s1. The van der Waals surface area contributed by atoms with Crippen molar-refractivity contribution in [3.05, 3.63) is 34.6 Å². The van der Waals surface area contributed by atoms with Crippen LogP contribution in [-0.4, -0.2) is 33.2 Å². The zero-order chi connectivity index (χ0) is 20.2. The first-order chi connectivity index (χ1) is 11.9. The van der Waals surface area contributed by atoms with E-state index in [0.717, 1.165) is 11.1 Å². The molecule has 1 aliphatic rings. The molecule has 0 aromatic heterocycles. The fourth-order valence-corrected chi connectivity index (χ4v) is 2.88. The second-order valence-corrected chi connectivity index (χ2v) is 7.89. The summed E-state index contributed by atoms with van der Waals surface area (Å²) in [5, 5.41) is 21.5. The first-order valence-corrected chi connectivity index (χ1v) is 8.96. The summed E-state index contributed by atoms with van der Waals surface area (Å²) in [6.45, 7) is 10.9. The zero-order valence-electron chi connectivity index (χ0n) is 16.5. The predicted octanol–water partition coefficient (Wildman–Crippen LogP) is 3.63. The van der Waals surface area contributed by atoms with Crippen LogP contribution in [0.2, 0.25) is 0 Å². The number of hydrogen-bond donors (Lipinski definition) is 2. The number of hydrogen-bond acceptors (Lipinski definition) is 5. The summed E-state index contributed by atoms with van der Waals surface area (Å²) in [5.74, 6) is -3.97. The number of aliphatic hydroxyl groups excluding tert-OH is 1. The molecule has 1 aliphatic carbocycles. The van der Waals surface area contributed by atoms with E-state index in [2.05, 4.69) is 0 Å². The highest BCUT2D eigenvalue weighted by atomic mass is 16.3. The smallest absolute Gasteiger partial charge is 0.184 e. The van der Waals surface area contributed by atoms with Gasteiger partial charge in [-0.3, -0.25) is 14.4 Å². The Labute approximate surface area is 155 Å². The lowest BCUT2D eigenvalue weighted by Crippen LogP contribution is -2.52. The summed E-state index contributed by atoms with van der Waals surface area (Å²) >= 11 is 0. The fourth-order valence-electron chi connectivity index (χ4n) is 2.88. The minimum Gasteiger partial charge on any atom is -0.508 e. The van der Waals surface area contributed by atoms with E-state index in [-0.39, 0.29) is 25.2 Å². The van der Waals surface area contributed by atoms with Gasteiger partial charge in [0.25, 0.3) is 0 Å². The van der Waals surface area contributed by atoms with Crippen LogP contribution in [0.5, 0.6) is 0 Å². The molecule has 5 nitrogen and oxygen atoms in total. The van der Waals surface area contributed by atoms with E-state index in [1.54, 1.807) is 26.0 Å². The van der Waals surface area contributed by atoms with Crippen LogP contribution in [0, 0.1) is 11.8 Å². The Morgan fingerprint density at radius 2 is 1.65 bits per heavy atom. The molecule has 0 bridgehead atoms. The number of Topliss-reactive ketones (excluding diaryl/α,β-unsaturated/α-hetero) is 3. The lowest BCUT2D eigenvalue weighted by Gasteiger charge is -2.34. The SMILES string of the molecule is CC(C)=CCC1C(=O)C(C(=O)CC(C)C)=C(O)[C@@](O)(CC=C(C)C)C1=O. The molecule has 0 saturated carbocycles. The van der Waals surface area contributed by atoms with Crippen molar-refractivity contribution in [2.45, 2.75) is 66.4 Å². The van der Waals surface area contributed by atoms with Crippen molar-refractivity contribution in [3.8, 4) is 0 Å². The third-order valence-corrected chi connectivity index (χ3v) is 4.36. The zero-order valence-corrected chi connectivity index (χ0v) is 16.5. The predicted molar refractivity (Wildman–Crippen MR) is 101 cm³/mol. The lowest BCUT2D eigenvalue weighted by atomic mass is 9.71. The Kier molecular flexibility index (Phi) is 7.27. The number of rotatable bonds is 7. The summed E-state index contributed by atoms with van der Waals surface area (Å²) in [7, 11) is 0. The summed E-state index contributed by atoms with van der Waals surface area (Å²) in [6, 6.07) is 0. The Morgan fingerprint density at radius 1 is 1.12 bits per heavy atom. The average Bonchev–Trinajstić information content (AvgIpc) is 2.50. The molecule has 2 N–H and O–H groups in total. The molecular weight excluding hydrogens is 332 g/mol. The van der Waals surface area contributed by atoms with E-state index in [1.807, 2.05) is 27.7 Å². The van der Waals surface area contributed by atoms with Gasteiger partial charge in [0.05, 0.1) is 5.92 Å². The van der Waals surface area contributed by atoms with Gasteiger partial charge in [0.1, 0.15) is 11.3 Å². The third kappa shape index (κ3) is 4.79. The number of ketones is 3. The van der Waals surface area contributed by atoms with Gasteiger partial charge in [-0.2, -0.15) is 0 Å². The maximum absolute atomic E-state index is 12.8. The lowest BCUT2D eigenvalue weighted by molar-refractivity contribution is -0.147.